The van der Waals surface area contributed by atoms with E-state index in [0.29, 0.717) is 31.3 Å². The predicted octanol–water partition coefficient (Wildman–Crippen LogP) is 3.29. The lowest BCUT2D eigenvalue weighted by molar-refractivity contribution is 0.0630. The standard InChI is InChI=1S/C6H10O4S2.C5H10O3.C5H10O2S.C3H4O3.CH2O3/c1-5(11(7)8)3-4-6(2)12(9)10;1-3-7-5(6)8-4-2;1-4(2)5(3)8(6)7;4-3-5-1-2-6-3;2-1(3)4/h3-4H,1-2H3,(H,7,8)(H,9,10);3-4H2,1-2H3;1-3H3,(H,6,7);1-2H2;(H2,2,3,4)/p-3. The Hall–Kier alpha value is -2.64. The van der Waals surface area contributed by atoms with Crippen molar-refractivity contribution >= 4 is 51.7 Å². The number of carboxylic acid groups (broad SMARTS) is 2. The van der Waals surface area contributed by atoms with E-state index in [1.54, 1.807) is 34.6 Å². The van der Waals surface area contributed by atoms with Crippen molar-refractivity contribution < 1.29 is 69.8 Å². The zero-order valence-electron chi connectivity index (χ0n) is 21.9. The van der Waals surface area contributed by atoms with E-state index in [1.165, 1.54) is 26.0 Å². The zero-order chi connectivity index (χ0) is 30.8. The molecule has 0 aliphatic carbocycles. The van der Waals surface area contributed by atoms with E-state index in [1.807, 2.05) is 0 Å². The van der Waals surface area contributed by atoms with Gasteiger partial charge in [0.15, 0.2) is 0 Å². The van der Waals surface area contributed by atoms with Gasteiger partial charge in [0.1, 0.15) is 13.2 Å². The highest BCUT2D eigenvalue weighted by atomic mass is 32.2. The second kappa shape index (κ2) is 27.4. The average molecular weight is 610 g/mol. The molecule has 1 fully saturated rings. The van der Waals surface area contributed by atoms with Crippen molar-refractivity contribution in [3.05, 3.63) is 32.4 Å². The van der Waals surface area contributed by atoms with Gasteiger partial charge in [-0.15, -0.1) is 0 Å². The molecule has 1 heterocycles. The Bertz CT molecular complexity index is 827. The van der Waals surface area contributed by atoms with Crippen molar-refractivity contribution in [2.24, 2.45) is 0 Å². The smallest absolute Gasteiger partial charge is 0.508 e. The molecule has 0 radical (unpaired) electrons. The van der Waals surface area contributed by atoms with E-state index < -0.39 is 51.7 Å². The number of cyclic esters (lactones) is 2. The fourth-order valence-corrected chi connectivity index (χ4v) is 1.77. The average Bonchev–Trinajstić information content (AvgIpc) is 3.28. The van der Waals surface area contributed by atoms with E-state index in [2.05, 4.69) is 18.9 Å². The Morgan fingerprint density at radius 2 is 1.13 bits per heavy atom. The summed E-state index contributed by atoms with van der Waals surface area (Å²) in [4.78, 5) is 29.2. The van der Waals surface area contributed by atoms with Crippen molar-refractivity contribution in [2.45, 2.75) is 48.5 Å². The van der Waals surface area contributed by atoms with Gasteiger partial charge in [-0.25, -0.2) is 14.4 Å². The maximum atomic E-state index is 10.2. The highest BCUT2D eigenvalue weighted by Crippen LogP contribution is 2.03. The number of hydrogen-bond acceptors (Lipinski definition) is 13. The maximum Gasteiger partial charge on any atom is 0.508 e. The Kier molecular flexibility index (Phi) is 30.6. The largest absolute Gasteiger partial charge is 0.769 e. The summed E-state index contributed by atoms with van der Waals surface area (Å²) >= 11 is -6.56. The SMILES string of the molecule is CC(=CC=C(C)S(=O)[O-])S(=O)[O-].CC(C)=C(C)S(=O)[O-].CCOC(=O)OCC.O=C(O)O.O=C1OCCO1. The summed E-state index contributed by atoms with van der Waals surface area (Å²) in [6.07, 6.45) is -0.507. The van der Waals surface area contributed by atoms with Crippen LogP contribution in [0.1, 0.15) is 48.5 Å². The molecule has 1 aliphatic rings. The molecule has 3 atom stereocenters. The first kappa shape index (κ1) is 42.4. The lowest BCUT2D eigenvalue weighted by Gasteiger charge is -2.05. The number of allylic oxidation sites excluding steroid dienone is 6. The van der Waals surface area contributed by atoms with Crippen molar-refractivity contribution in [3.8, 4) is 0 Å². The molecule has 0 bridgehead atoms. The molecule has 0 aromatic rings. The molecule has 18 heteroatoms. The number of carbonyl (C=O) groups is 3. The molecule has 38 heavy (non-hydrogen) atoms. The van der Waals surface area contributed by atoms with Gasteiger partial charge in [-0.2, -0.15) is 0 Å². The van der Waals surface area contributed by atoms with Gasteiger partial charge in [-0.3, -0.25) is 12.6 Å². The second-order valence-electron chi connectivity index (χ2n) is 6.16. The number of ether oxygens (including phenoxy) is 4. The normalized spacial score (nSPS) is 14.2. The van der Waals surface area contributed by atoms with E-state index in [0.717, 1.165) is 5.57 Å². The Labute approximate surface area is 228 Å². The van der Waals surface area contributed by atoms with Crippen LogP contribution in [-0.2, 0) is 52.2 Å². The van der Waals surface area contributed by atoms with Crippen LogP contribution in [0.2, 0.25) is 0 Å². The molecule has 1 rings (SSSR count). The summed E-state index contributed by atoms with van der Waals surface area (Å²) in [7, 11) is 0. The summed E-state index contributed by atoms with van der Waals surface area (Å²) in [5.74, 6) is 0. The van der Waals surface area contributed by atoms with Gasteiger partial charge >= 0.3 is 18.5 Å². The molecular weight excluding hydrogens is 576 g/mol. The molecular formula is C20H33O15S3-3. The van der Waals surface area contributed by atoms with Crippen molar-refractivity contribution in [1.29, 1.82) is 0 Å². The molecule has 3 unspecified atom stereocenters. The van der Waals surface area contributed by atoms with Gasteiger partial charge in [0.25, 0.3) is 0 Å². The third kappa shape index (κ3) is 35.5. The molecule has 0 amide bonds. The van der Waals surface area contributed by atoms with Crippen LogP contribution in [0.15, 0.2) is 32.4 Å². The zero-order valence-corrected chi connectivity index (χ0v) is 24.4. The van der Waals surface area contributed by atoms with Crippen molar-refractivity contribution in [1.82, 2.24) is 0 Å². The summed E-state index contributed by atoms with van der Waals surface area (Å²) in [6, 6.07) is 0. The fraction of sp³-hybridized carbons (Fsp3) is 0.550. The van der Waals surface area contributed by atoms with Gasteiger partial charge in [0.2, 0.25) is 0 Å². The minimum Gasteiger partial charge on any atom is -0.769 e. The van der Waals surface area contributed by atoms with Crippen LogP contribution in [0.25, 0.3) is 0 Å². The van der Waals surface area contributed by atoms with Gasteiger partial charge in [-0.1, -0.05) is 17.7 Å². The molecule has 15 nitrogen and oxygen atoms in total. The van der Waals surface area contributed by atoms with Crippen molar-refractivity contribution in [3.63, 3.8) is 0 Å². The summed E-state index contributed by atoms with van der Waals surface area (Å²) in [5, 5.41) is 13.9. The minimum atomic E-state index is -2.27. The Morgan fingerprint density at radius 1 is 0.816 bits per heavy atom. The van der Waals surface area contributed by atoms with Gasteiger partial charge < -0.3 is 42.8 Å². The second-order valence-corrected chi connectivity index (χ2v) is 9.47. The Morgan fingerprint density at radius 3 is 1.26 bits per heavy atom. The summed E-state index contributed by atoms with van der Waals surface area (Å²) < 4.78 is 78.5. The first-order chi connectivity index (χ1) is 17.4. The first-order valence-corrected chi connectivity index (χ1v) is 13.4. The highest BCUT2D eigenvalue weighted by Gasteiger charge is 2.09. The van der Waals surface area contributed by atoms with E-state index in [-0.39, 0.29) is 9.81 Å². The van der Waals surface area contributed by atoms with Crippen LogP contribution in [-0.4, -0.2) is 81.4 Å². The van der Waals surface area contributed by atoms with Gasteiger partial charge in [0.05, 0.1) is 13.2 Å². The lowest BCUT2D eigenvalue weighted by atomic mass is 10.3. The van der Waals surface area contributed by atoms with Crippen LogP contribution in [0.5, 0.6) is 0 Å². The maximum absolute atomic E-state index is 10.2. The van der Waals surface area contributed by atoms with Gasteiger partial charge in [-0.05, 0) is 96.4 Å². The molecule has 0 aromatic heterocycles. The summed E-state index contributed by atoms with van der Waals surface area (Å²) in [6.45, 7) is 12.9. The highest BCUT2D eigenvalue weighted by molar-refractivity contribution is 7.83. The first-order valence-electron chi connectivity index (χ1n) is 10.2. The van der Waals surface area contributed by atoms with Gasteiger partial charge in [0, 0.05) is 0 Å². The van der Waals surface area contributed by atoms with Crippen LogP contribution in [0.4, 0.5) is 14.4 Å². The molecule has 1 saturated heterocycles. The third-order valence-corrected chi connectivity index (χ3v) is 5.31. The van der Waals surface area contributed by atoms with Crippen LogP contribution < -0.4 is 0 Å². The van der Waals surface area contributed by atoms with E-state index >= 15 is 0 Å². The number of hydrogen-bond donors (Lipinski definition) is 2. The fourth-order valence-electron chi connectivity index (χ4n) is 1.08. The molecule has 1 aliphatic heterocycles. The monoisotopic (exact) mass is 609 g/mol. The third-order valence-electron chi connectivity index (χ3n) is 3.08. The predicted molar refractivity (Wildman–Crippen MR) is 135 cm³/mol. The van der Waals surface area contributed by atoms with E-state index in [9.17, 15) is 35.9 Å². The number of rotatable bonds is 6. The molecule has 2 N–H and O–H groups in total. The topological polar surface area (TPSA) is 249 Å². The molecule has 0 saturated carbocycles. The van der Waals surface area contributed by atoms with Crippen LogP contribution in [0.3, 0.4) is 0 Å². The van der Waals surface area contributed by atoms with Crippen molar-refractivity contribution in [2.75, 3.05) is 26.4 Å². The Balaban J connectivity index is -0.000000198. The summed E-state index contributed by atoms with van der Waals surface area (Å²) in [5.41, 5.74) is 0.846. The minimum absolute atomic E-state index is 0.0970. The molecule has 0 aromatic carbocycles. The lowest BCUT2D eigenvalue weighted by Crippen LogP contribution is -2.05. The molecule has 224 valence electrons. The van der Waals surface area contributed by atoms with E-state index in [4.69, 9.17) is 15.0 Å². The van der Waals surface area contributed by atoms with Crippen LogP contribution >= 0.6 is 0 Å². The number of carbonyl (C=O) groups excluding carboxylic acids is 2. The molecule has 0 spiro atoms. The quantitative estimate of drug-likeness (QED) is 0.249. The van der Waals surface area contributed by atoms with Crippen LogP contribution in [0, 0.1) is 0 Å².